The van der Waals surface area contributed by atoms with Crippen molar-refractivity contribution >= 4 is 0 Å². The molecule has 0 saturated heterocycles. The second-order valence-corrected chi connectivity index (χ2v) is 5.65. The van der Waals surface area contributed by atoms with E-state index >= 15 is 0 Å². The third-order valence-corrected chi connectivity index (χ3v) is 3.82. The number of hydrogen-bond donors (Lipinski definition) is 1. The predicted octanol–water partition coefficient (Wildman–Crippen LogP) is 5.48. The standard InChI is InChI=1S/C17H31NO/c1-3-4-5-6-7-8-9-10-11-12-16(2)17-15-18-13-14-19-17/h13-16,18H,3-12H2,1-2H3. The molecular formula is C17H31NO. The Morgan fingerprint density at radius 2 is 1.63 bits per heavy atom. The molecule has 110 valence electrons. The molecule has 0 aromatic carbocycles. The first-order chi connectivity index (χ1) is 9.34. The van der Waals surface area contributed by atoms with E-state index < -0.39 is 0 Å². The zero-order valence-corrected chi connectivity index (χ0v) is 12.8. The van der Waals surface area contributed by atoms with Crippen molar-refractivity contribution in [1.82, 2.24) is 5.32 Å². The third-order valence-electron chi connectivity index (χ3n) is 3.82. The van der Waals surface area contributed by atoms with Crippen LogP contribution in [0.25, 0.3) is 0 Å². The minimum atomic E-state index is 0.530. The zero-order valence-electron chi connectivity index (χ0n) is 12.8. The molecule has 0 aromatic rings. The first-order valence-electron chi connectivity index (χ1n) is 8.12. The van der Waals surface area contributed by atoms with Crippen LogP contribution in [0.15, 0.2) is 24.4 Å². The SMILES string of the molecule is CCCCCCCCCCCC(C)C1=CNC=CO1. The van der Waals surface area contributed by atoms with Gasteiger partial charge in [0.2, 0.25) is 0 Å². The van der Waals surface area contributed by atoms with Crippen molar-refractivity contribution in [2.45, 2.75) is 78.1 Å². The van der Waals surface area contributed by atoms with Crippen LogP contribution in [0.3, 0.4) is 0 Å². The van der Waals surface area contributed by atoms with Crippen molar-refractivity contribution in [2.75, 3.05) is 0 Å². The van der Waals surface area contributed by atoms with E-state index in [1.807, 2.05) is 12.4 Å². The molecule has 0 amide bonds. The molecule has 0 fully saturated rings. The summed E-state index contributed by atoms with van der Waals surface area (Å²) in [6.45, 7) is 4.52. The topological polar surface area (TPSA) is 21.3 Å². The van der Waals surface area contributed by atoms with Crippen molar-refractivity contribution in [1.29, 1.82) is 0 Å². The minimum absolute atomic E-state index is 0.530. The smallest absolute Gasteiger partial charge is 0.122 e. The van der Waals surface area contributed by atoms with E-state index in [-0.39, 0.29) is 0 Å². The van der Waals surface area contributed by atoms with Gasteiger partial charge in [0.25, 0.3) is 0 Å². The first kappa shape index (κ1) is 16.1. The molecule has 0 radical (unpaired) electrons. The summed E-state index contributed by atoms with van der Waals surface area (Å²) in [5, 5.41) is 3.08. The molecule has 2 heteroatoms. The lowest BCUT2D eigenvalue weighted by Crippen LogP contribution is -2.09. The largest absolute Gasteiger partial charge is 0.466 e. The number of unbranched alkanes of at least 4 members (excludes halogenated alkanes) is 8. The summed E-state index contributed by atoms with van der Waals surface area (Å²) >= 11 is 0. The molecular weight excluding hydrogens is 234 g/mol. The Bertz CT molecular complexity index is 270. The van der Waals surface area contributed by atoms with Gasteiger partial charge in [0, 0.05) is 18.3 Å². The fourth-order valence-corrected chi connectivity index (χ4v) is 2.48. The van der Waals surface area contributed by atoms with Crippen LogP contribution in [0.5, 0.6) is 0 Å². The Morgan fingerprint density at radius 3 is 2.21 bits per heavy atom. The van der Waals surface area contributed by atoms with Crippen LogP contribution in [-0.2, 0) is 4.74 Å². The summed E-state index contributed by atoms with van der Waals surface area (Å²) in [6.07, 6.45) is 19.3. The van der Waals surface area contributed by atoms with Crippen molar-refractivity contribution in [3.05, 3.63) is 24.4 Å². The second-order valence-electron chi connectivity index (χ2n) is 5.65. The van der Waals surface area contributed by atoms with Crippen molar-refractivity contribution in [3.8, 4) is 0 Å². The number of hydrogen-bond acceptors (Lipinski definition) is 2. The van der Waals surface area contributed by atoms with Gasteiger partial charge >= 0.3 is 0 Å². The molecule has 19 heavy (non-hydrogen) atoms. The highest BCUT2D eigenvalue weighted by atomic mass is 16.5. The van der Waals surface area contributed by atoms with Crippen LogP contribution in [0, 0.1) is 5.92 Å². The van der Waals surface area contributed by atoms with Gasteiger partial charge in [-0.25, -0.2) is 0 Å². The maximum absolute atomic E-state index is 5.49. The summed E-state index contributed by atoms with van der Waals surface area (Å²) in [5.74, 6) is 1.60. The van der Waals surface area contributed by atoms with Gasteiger partial charge in [-0.1, -0.05) is 71.6 Å². The summed E-state index contributed by atoms with van der Waals surface area (Å²) in [6, 6.07) is 0. The Labute approximate surface area is 119 Å². The van der Waals surface area contributed by atoms with Crippen LogP contribution in [0.1, 0.15) is 78.1 Å². The average Bonchev–Trinajstić information content (AvgIpc) is 2.46. The van der Waals surface area contributed by atoms with E-state index in [4.69, 9.17) is 4.74 Å². The molecule has 0 aromatic heterocycles. The molecule has 1 aliphatic rings. The minimum Gasteiger partial charge on any atom is -0.466 e. The van der Waals surface area contributed by atoms with Crippen LogP contribution in [0.2, 0.25) is 0 Å². The van der Waals surface area contributed by atoms with E-state index in [0.29, 0.717) is 5.92 Å². The van der Waals surface area contributed by atoms with Gasteiger partial charge in [0.15, 0.2) is 0 Å². The van der Waals surface area contributed by atoms with E-state index in [2.05, 4.69) is 19.2 Å². The molecule has 2 nitrogen and oxygen atoms in total. The van der Waals surface area contributed by atoms with E-state index in [0.717, 1.165) is 5.76 Å². The predicted molar refractivity (Wildman–Crippen MR) is 82.5 cm³/mol. The highest BCUT2D eigenvalue weighted by molar-refractivity contribution is 5.03. The molecule has 1 rings (SSSR count). The normalized spacial score (nSPS) is 15.6. The van der Waals surface area contributed by atoms with Gasteiger partial charge < -0.3 is 10.1 Å². The van der Waals surface area contributed by atoms with Crippen LogP contribution < -0.4 is 5.32 Å². The number of ether oxygens (including phenoxy) is 1. The number of rotatable bonds is 11. The molecule has 1 N–H and O–H groups in total. The van der Waals surface area contributed by atoms with Crippen LogP contribution in [0.4, 0.5) is 0 Å². The van der Waals surface area contributed by atoms with Crippen molar-refractivity contribution < 1.29 is 4.74 Å². The lowest BCUT2D eigenvalue weighted by molar-refractivity contribution is 0.276. The maximum Gasteiger partial charge on any atom is 0.122 e. The quantitative estimate of drug-likeness (QED) is 0.500. The molecule has 1 atom stereocenters. The second kappa shape index (κ2) is 11.0. The molecule has 1 unspecified atom stereocenters. The molecule has 1 aliphatic heterocycles. The summed E-state index contributed by atoms with van der Waals surface area (Å²) in [5.41, 5.74) is 0. The maximum atomic E-state index is 5.49. The Balaban J connectivity index is 1.89. The van der Waals surface area contributed by atoms with Gasteiger partial charge in [-0.3, -0.25) is 0 Å². The number of allylic oxidation sites excluding steroid dienone is 1. The third kappa shape index (κ3) is 7.97. The Hall–Kier alpha value is -0.920. The number of nitrogens with one attached hydrogen (secondary N) is 1. The fraction of sp³-hybridized carbons (Fsp3) is 0.765. The fourth-order valence-electron chi connectivity index (χ4n) is 2.48. The zero-order chi connectivity index (χ0) is 13.8. The van der Waals surface area contributed by atoms with Crippen molar-refractivity contribution in [2.24, 2.45) is 5.92 Å². The summed E-state index contributed by atoms with van der Waals surface area (Å²) < 4.78 is 5.49. The molecule has 0 aliphatic carbocycles. The van der Waals surface area contributed by atoms with Crippen LogP contribution >= 0.6 is 0 Å². The average molecular weight is 265 g/mol. The van der Waals surface area contributed by atoms with E-state index in [9.17, 15) is 0 Å². The summed E-state index contributed by atoms with van der Waals surface area (Å²) in [4.78, 5) is 0. The van der Waals surface area contributed by atoms with Gasteiger partial charge in [0.05, 0.1) is 0 Å². The molecule has 0 bridgehead atoms. The molecule has 0 saturated carbocycles. The molecule has 1 heterocycles. The highest BCUT2D eigenvalue weighted by Gasteiger charge is 2.10. The lowest BCUT2D eigenvalue weighted by atomic mass is 10.00. The van der Waals surface area contributed by atoms with E-state index in [1.165, 1.54) is 64.2 Å². The first-order valence-corrected chi connectivity index (χ1v) is 8.12. The summed E-state index contributed by atoms with van der Waals surface area (Å²) in [7, 11) is 0. The van der Waals surface area contributed by atoms with Crippen molar-refractivity contribution in [3.63, 3.8) is 0 Å². The highest BCUT2D eigenvalue weighted by Crippen LogP contribution is 2.21. The van der Waals surface area contributed by atoms with Crippen LogP contribution in [-0.4, -0.2) is 0 Å². The van der Waals surface area contributed by atoms with Gasteiger partial charge in [-0.2, -0.15) is 0 Å². The van der Waals surface area contributed by atoms with E-state index in [1.54, 1.807) is 6.26 Å². The van der Waals surface area contributed by atoms with Gasteiger partial charge in [-0.05, 0) is 6.42 Å². The molecule has 0 spiro atoms. The van der Waals surface area contributed by atoms with Gasteiger partial charge in [0.1, 0.15) is 12.0 Å². The Morgan fingerprint density at radius 1 is 1.00 bits per heavy atom. The monoisotopic (exact) mass is 265 g/mol. The lowest BCUT2D eigenvalue weighted by Gasteiger charge is -2.17. The van der Waals surface area contributed by atoms with Gasteiger partial charge in [-0.15, -0.1) is 0 Å². The Kier molecular flexibility index (Phi) is 9.30.